The predicted octanol–water partition coefficient (Wildman–Crippen LogP) is 1.78. The van der Waals surface area contributed by atoms with Gasteiger partial charge in [0.25, 0.3) is 5.91 Å². The fourth-order valence-electron chi connectivity index (χ4n) is 2.70. The Morgan fingerprint density at radius 3 is 3.10 bits per heavy atom. The molecule has 1 aromatic carbocycles. The van der Waals surface area contributed by atoms with Crippen LogP contribution in [0.25, 0.3) is 0 Å². The number of aromatic nitrogens is 2. The molecule has 0 fully saturated rings. The first kappa shape index (κ1) is 13.6. The van der Waals surface area contributed by atoms with Crippen LogP contribution < -0.4 is 5.32 Å². The summed E-state index contributed by atoms with van der Waals surface area (Å²) in [6, 6.07) is 3.73. The number of amides is 1. The molecule has 1 amide bonds. The van der Waals surface area contributed by atoms with E-state index >= 15 is 0 Å². The normalized spacial score (nSPS) is 17.3. The molecule has 3 rings (SSSR count). The minimum atomic E-state index is -0.720. The van der Waals surface area contributed by atoms with E-state index in [0.29, 0.717) is 6.54 Å². The Morgan fingerprint density at radius 2 is 2.33 bits per heavy atom. The molecule has 110 valence electrons. The Kier molecular flexibility index (Phi) is 3.37. The third-order valence-corrected chi connectivity index (χ3v) is 3.67. The Bertz CT molecular complexity index is 676. The first-order valence-electron chi connectivity index (χ1n) is 6.85. The van der Waals surface area contributed by atoms with Crippen molar-refractivity contribution in [1.82, 2.24) is 14.9 Å². The number of carbonyl (C=O) groups is 1. The number of aromatic hydroxyl groups is 1. The van der Waals surface area contributed by atoms with Crippen molar-refractivity contribution in [1.29, 1.82) is 0 Å². The van der Waals surface area contributed by atoms with Crippen molar-refractivity contribution in [2.75, 3.05) is 0 Å². The van der Waals surface area contributed by atoms with Gasteiger partial charge in [0.05, 0.1) is 5.69 Å². The highest BCUT2D eigenvalue weighted by molar-refractivity contribution is 5.97. The second kappa shape index (κ2) is 5.20. The van der Waals surface area contributed by atoms with Crippen molar-refractivity contribution in [3.8, 4) is 5.75 Å². The summed E-state index contributed by atoms with van der Waals surface area (Å²) in [5.41, 5.74) is 0.647. The van der Waals surface area contributed by atoms with Gasteiger partial charge in [0, 0.05) is 25.2 Å². The maximum absolute atomic E-state index is 13.7. The average Bonchev–Trinajstić information content (AvgIpc) is 2.77. The lowest BCUT2D eigenvalue weighted by Gasteiger charge is -2.24. The van der Waals surface area contributed by atoms with Crippen LogP contribution in [0.3, 0.4) is 0 Å². The summed E-state index contributed by atoms with van der Waals surface area (Å²) >= 11 is 0. The number of nitrogens with zero attached hydrogens (tertiary/aromatic N) is 2. The monoisotopic (exact) mass is 289 g/mol. The number of benzene rings is 1. The second-order valence-corrected chi connectivity index (χ2v) is 5.29. The molecular formula is C15H16FN3O2. The van der Waals surface area contributed by atoms with E-state index in [1.165, 1.54) is 12.1 Å². The van der Waals surface area contributed by atoms with Gasteiger partial charge in [0.1, 0.15) is 23.0 Å². The van der Waals surface area contributed by atoms with Gasteiger partial charge in [-0.1, -0.05) is 6.07 Å². The lowest BCUT2D eigenvalue weighted by atomic mass is 10.1. The molecule has 0 saturated carbocycles. The number of hydrogen-bond donors (Lipinski definition) is 2. The van der Waals surface area contributed by atoms with E-state index in [1.54, 1.807) is 0 Å². The van der Waals surface area contributed by atoms with Gasteiger partial charge in [-0.25, -0.2) is 9.37 Å². The van der Waals surface area contributed by atoms with Gasteiger partial charge >= 0.3 is 0 Å². The van der Waals surface area contributed by atoms with Gasteiger partial charge in [0.2, 0.25) is 0 Å². The van der Waals surface area contributed by atoms with E-state index in [-0.39, 0.29) is 17.4 Å². The van der Waals surface area contributed by atoms with Gasteiger partial charge in [-0.2, -0.15) is 0 Å². The minimum absolute atomic E-state index is 0.0994. The Morgan fingerprint density at radius 1 is 1.52 bits per heavy atom. The fraction of sp³-hybridized carbons (Fsp3) is 0.333. The van der Waals surface area contributed by atoms with Gasteiger partial charge in [-0.15, -0.1) is 0 Å². The average molecular weight is 289 g/mol. The molecule has 0 aliphatic carbocycles. The number of hydrogen-bond acceptors (Lipinski definition) is 3. The first-order valence-corrected chi connectivity index (χ1v) is 6.85. The van der Waals surface area contributed by atoms with Crippen LogP contribution in [0.5, 0.6) is 5.75 Å². The van der Waals surface area contributed by atoms with E-state index in [0.717, 1.165) is 30.4 Å². The van der Waals surface area contributed by atoms with Crippen LogP contribution in [0.4, 0.5) is 4.39 Å². The zero-order valence-electron chi connectivity index (χ0n) is 11.6. The molecule has 6 heteroatoms. The molecule has 2 heterocycles. The largest absolute Gasteiger partial charge is 0.507 e. The number of carbonyl (C=O) groups excluding carboxylic acids is 1. The Balaban J connectivity index is 1.74. The number of phenolic OH excluding ortho intramolecular Hbond substituents is 1. The van der Waals surface area contributed by atoms with Crippen LogP contribution in [0.2, 0.25) is 0 Å². The van der Waals surface area contributed by atoms with Crippen molar-refractivity contribution < 1.29 is 14.3 Å². The Labute approximate surface area is 121 Å². The maximum atomic E-state index is 13.7. The summed E-state index contributed by atoms with van der Waals surface area (Å²) in [5, 5.41) is 12.4. The van der Waals surface area contributed by atoms with Gasteiger partial charge in [0.15, 0.2) is 0 Å². The number of nitrogens with one attached hydrogen (secondary N) is 1. The smallest absolute Gasteiger partial charge is 0.258 e. The quantitative estimate of drug-likeness (QED) is 0.885. The fourth-order valence-corrected chi connectivity index (χ4v) is 2.70. The van der Waals surface area contributed by atoms with E-state index in [2.05, 4.69) is 10.3 Å². The van der Waals surface area contributed by atoms with Crippen LogP contribution >= 0.6 is 0 Å². The molecule has 0 spiro atoms. The maximum Gasteiger partial charge on any atom is 0.258 e. The van der Waals surface area contributed by atoms with E-state index in [4.69, 9.17) is 0 Å². The van der Waals surface area contributed by atoms with Crippen LogP contribution in [0.15, 0.2) is 24.4 Å². The van der Waals surface area contributed by atoms with Crippen molar-refractivity contribution in [2.45, 2.75) is 32.4 Å². The third-order valence-electron chi connectivity index (χ3n) is 3.67. The van der Waals surface area contributed by atoms with E-state index in [9.17, 15) is 14.3 Å². The number of imidazole rings is 1. The van der Waals surface area contributed by atoms with Gasteiger partial charge in [-0.3, -0.25) is 4.79 Å². The molecule has 0 unspecified atom stereocenters. The summed E-state index contributed by atoms with van der Waals surface area (Å²) in [4.78, 5) is 16.5. The molecule has 1 atom stereocenters. The highest BCUT2D eigenvalue weighted by Gasteiger charge is 2.24. The van der Waals surface area contributed by atoms with Crippen LogP contribution in [-0.2, 0) is 13.0 Å². The van der Waals surface area contributed by atoms with Crippen molar-refractivity contribution >= 4 is 5.91 Å². The SMILES string of the molecule is Cc1cn2c(n1)CC[C@@H](NC(=O)c1c(O)cccc1F)C2. The molecule has 1 aromatic heterocycles. The third kappa shape index (κ3) is 2.61. The molecular weight excluding hydrogens is 273 g/mol. The summed E-state index contributed by atoms with van der Waals surface area (Å²) in [5.74, 6) is -0.646. The molecule has 1 aliphatic heterocycles. The topological polar surface area (TPSA) is 67.2 Å². The zero-order chi connectivity index (χ0) is 15.0. The number of fused-ring (bicyclic) bond motifs is 1. The van der Waals surface area contributed by atoms with Crippen molar-refractivity contribution in [3.05, 3.63) is 47.3 Å². The first-order chi connectivity index (χ1) is 10.0. The number of rotatable bonds is 2. The zero-order valence-corrected chi connectivity index (χ0v) is 11.6. The number of phenols is 1. The van der Waals surface area contributed by atoms with Crippen LogP contribution in [0, 0.1) is 12.7 Å². The number of halogens is 1. The summed E-state index contributed by atoms with van der Waals surface area (Å²) in [6.07, 6.45) is 3.45. The lowest BCUT2D eigenvalue weighted by Crippen LogP contribution is -2.41. The lowest BCUT2D eigenvalue weighted by molar-refractivity contribution is 0.0920. The van der Waals surface area contributed by atoms with Crippen LogP contribution in [-0.4, -0.2) is 26.6 Å². The second-order valence-electron chi connectivity index (χ2n) is 5.29. The minimum Gasteiger partial charge on any atom is -0.507 e. The molecule has 0 saturated heterocycles. The molecule has 21 heavy (non-hydrogen) atoms. The molecule has 5 nitrogen and oxygen atoms in total. The van der Waals surface area contributed by atoms with E-state index in [1.807, 2.05) is 17.7 Å². The highest BCUT2D eigenvalue weighted by atomic mass is 19.1. The molecule has 2 aromatic rings. The highest BCUT2D eigenvalue weighted by Crippen LogP contribution is 2.21. The summed E-state index contributed by atoms with van der Waals surface area (Å²) in [7, 11) is 0. The van der Waals surface area contributed by atoms with E-state index < -0.39 is 11.7 Å². The molecule has 0 radical (unpaired) electrons. The Hall–Kier alpha value is -2.37. The predicted molar refractivity (Wildman–Crippen MR) is 74.6 cm³/mol. The summed E-state index contributed by atoms with van der Waals surface area (Å²) < 4.78 is 15.7. The van der Waals surface area contributed by atoms with Gasteiger partial charge in [-0.05, 0) is 25.5 Å². The molecule has 2 N–H and O–H groups in total. The van der Waals surface area contributed by atoms with Gasteiger partial charge < -0.3 is 15.0 Å². The standard InChI is InChI=1S/C15H16FN3O2/c1-9-7-19-8-10(5-6-13(19)17-9)18-15(21)14-11(16)3-2-4-12(14)20/h2-4,7,10,20H,5-6,8H2,1H3,(H,18,21)/t10-/m1/s1. The summed E-state index contributed by atoms with van der Waals surface area (Å²) in [6.45, 7) is 2.54. The number of aryl methyl sites for hydroxylation is 2. The van der Waals surface area contributed by atoms with Crippen LogP contribution in [0.1, 0.15) is 28.3 Å². The van der Waals surface area contributed by atoms with Crippen molar-refractivity contribution in [3.63, 3.8) is 0 Å². The molecule has 0 bridgehead atoms. The van der Waals surface area contributed by atoms with Crippen molar-refractivity contribution in [2.24, 2.45) is 0 Å². The molecule has 1 aliphatic rings.